The molecule has 1 aliphatic heterocycles. The molecule has 1 heterocycles. The van der Waals surface area contributed by atoms with Gasteiger partial charge in [-0.3, -0.25) is 4.21 Å². The number of aryl methyl sites for hydroxylation is 1. The first-order valence-corrected chi connectivity index (χ1v) is 17.4. The van der Waals surface area contributed by atoms with Gasteiger partial charge in [0.2, 0.25) is 0 Å². The van der Waals surface area contributed by atoms with Crippen LogP contribution in [0, 0.1) is 0 Å². The maximum Gasteiger partial charge on any atom is 0.453 e. The molecule has 0 aromatic heterocycles. The number of alkyl halides is 5. The molecule has 4 rings (SSSR count). The summed E-state index contributed by atoms with van der Waals surface area (Å²) in [5.41, 5.74) is 3.94. The number of phenolic OH excluding ortho intramolecular Hbond substituents is 2. The molecule has 1 aliphatic rings. The Morgan fingerprint density at radius 3 is 2.02 bits per heavy atom. The predicted molar refractivity (Wildman–Crippen MR) is 171 cm³/mol. The number of aromatic hydroxyl groups is 2. The van der Waals surface area contributed by atoms with Gasteiger partial charge in [0.1, 0.15) is 23.4 Å². The summed E-state index contributed by atoms with van der Waals surface area (Å²) in [7, 11) is -1.37. The smallest absolute Gasteiger partial charge is 0.453 e. The molecule has 0 spiro atoms. The van der Waals surface area contributed by atoms with E-state index in [0.29, 0.717) is 24.3 Å². The Morgan fingerprint density at radius 1 is 0.783 bits per heavy atom. The van der Waals surface area contributed by atoms with Gasteiger partial charge in [-0.25, -0.2) is 0 Å². The summed E-state index contributed by atoms with van der Waals surface area (Å²) in [6.07, 6.45) is 0.833. The van der Waals surface area contributed by atoms with Crippen molar-refractivity contribution in [1.29, 1.82) is 0 Å². The summed E-state index contributed by atoms with van der Waals surface area (Å²) in [6.45, 7) is 2.17. The normalized spacial score (nSPS) is 19.0. The fourth-order valence-electron chi connectivity index (χ4n) is 6.11. The number of hydrogen-bond acceptors (Lipinski definition) is 4. The maximum absolute atomic E-state index is 12.9. The minimum Gasteiger partial charge on any atom is -0.508 e. The van der Waals surface area contributed by atoms with Crippen molar-refractivity contribution in [1.82, 2.24) is 0 Å². The van der Waals surface area contributed by atoms with Crippen LogP contribution in [-0.4, -0.2) is 38.0 Å². The van der Waals surface area contributed by atoms with Gasteiger partial charge in [-0.15, -0.1) is 0 Å². The van der Waals surface area contributed by atoms with Crippen LogP contribution in [0.25, 0.3) is 0 Å². The number of rotatable bonds is 16. The maximum atomic E-state index is 12.9. The molecule has 0 radical (unpaired) electrons. The number of unbranched alkanes of at least 4 members (excludes halogenated alkanes) is 6. The van der Waals surface area contributed by atoms with Crippen LogP contribution in [-0.2, 0) is 29.1 Å². The van der Waals surface area contributed by atoms with Crippen LogP contribution in [0.15, 0.2) is 66.7 Å². The zero-order chi connectivity index (χ0) is 33.4. The largest absolute Gasteiger partial charge is 0.508 e. The number of ether oxygens (including phenoxy) is 1. The first-order chi connectivity index (χ1) is 21.8. The van der Waals surface area contributed by atoms with Gasteiger partial charge in [0.15, 0.2) is 0 Å². The van der Waals surface area contributed by atoms with Crippen molar-refractivity contribution in [3.8, 4) is 17.2 Å². The second kappa shape index (κ2) is 15.6. The highest BCUT2D eigenvalue weighted by atomic mass is 32.2. The van der Waals surface area contributed by atoms with Crippen molar-refractivity contribution in [3.63, 3.8) is 0 Å². The first-order valence-electron chi connectivity index (χ1n) is 15.9. The van der Waals surface area contributed by atoms with Gasteiger partial charge in [0.25, 0.3) is 0 Å². The topological polar surface area (TPSA) is 66.8 Å². The van der Waals surface area contributed by atoms with Gasteiger partial charge in [0, 0.05) is 40.2 Å². The zero-order valence-corrected chi connectivity index (χ0v) is 26.9. The SMILES string of the molecule is CC1(c2ccc(O)cc2)Cc2ccc(O)cc2OC1c1ccc(CCCCCCCCCS(=O)CCCC(F)(F)C(F)(F)F)cc1. The molecule has 3 unspecified atom stereocenters. The lowest BCUT2D eigenvalue weighted by Gasteiger charge is -2.43. The molecule has 0 fully saturated rings. The predicted octanol–water partition coefficient (Wildman–Crippen LogP) is 9.73. The van der Waals surface area contributed by atoms with E-state index in [4.69, 9.17) is 4.74 Å². The highest BCUT2D eigenvalue weighted by Gasteiger charge is 2.56. The lowest BCUT2D eigenvalue weighted by atomic mass is 9.69. The van der Waals surface area contributed by atoms with Crippen LogP contribution in [0.3, 0.4) is 0 Å². The van der Waals surface area contributed by atoms with E-state index in [1.807, 2.05) is 18.2 Å². The average molecular weight is 667 g/mol. The lowest BCUT2D eigenvalue weighted by molar-refractivity contribution is -0.284. The highest BCUT2D eigenvalue weighted by Crippen LogP contribution is 2.49. The fourth-order valence-corrected chi connectivity index (χ4v) is 7.31. The number of fused-ring (bicyclic) bond motifs is 1. The molecule has 0 amide bonds. The Bertz CT molecular complexity index is 1430. The summed E-state index contributed by atoms with van der Waals surface area (Å²) < 4.78 is 81.0. The van der Waals surface area contributed by atoms with Crippen molar-refractivity contribution in [3.05, 3.63) is 89.0 Å². The van der Waals surface area contributed by atoms with E-state index in [1.165, 1.54) is 5.56 Å². The molecule has 46 heavy (non-hydrogen) atoms. The standard InChI is InChI=1S/C36H43F5O4S/c1-34(29-16-19-30(42)20-17-29)25-28-15-18-31(43)24-32(28)45-33(34)27-13-11-26(12-14-27)10-7-5-3-2-4-6-8-22-46(44)23-9-21-35(37,38)36(39,40)41/h11-20,24,33,42-43H,2-10,21-23,25H2,1H3. The Hall–Kier alpha value is -3.14. The molecule has 2 N–H and O–H groups in total. The molecular weight excluding hydrogens is 623 g/mol. The first kappa shape index (κ1) is 35.7. The molecule has 3 atom stereocenters. The fraction of sp³-hybridized carbons (Fsp3) is 0.500. The van der Waals surface area contributed by atoms with Gasteiger partial charge in [-0.05, 0) is 72.6 Å². The highest BCUT2D eigenvalue weighted by molar-refractivity contribution is 7.84. The van der Waals surface area contributed by atoms with E-state index in [9.17, 15) is 36.4 Å². The molecule has 0 bridgehead atoms. The van der Waals surface area contributed by atoms with Crippen LogP contribution in [0.1, 0.15) is 93.1 Å². The van der Waals surface area contributed by atoms with Crippen LogP contribution in [0.4, 0.5) is 22.0 Å². The Kier molecular flexibility index (Phi) is 12.1. The zero-order valence-electron chi connectivity index (χ0n) is 26.1. The van der Waals surface area contributed by atoms with Gasteiger partial charge >= 0.3 is 12.1 Å². The molecule has 0 saturated carbocycles. The summed E-state index contributed by atoms with van der Waals surface area (Å²) in [6, 6.07) is 21.0. The molecular formula is C36H43F5O4S. The number of benzene rings is 3. The molecule has 4 nitrogen and oxygen atoms in total. The summed E-state index contributed by atoms with van der Waals surface area (Å²) in [4.78, 5) is 0. The lowest BCUT2D eigenvalue weighted by Crippen LogP contribution is -2.39. The van der Waals surface area contributed by atoms with Crippen LogP contribution >= 0.6 is 0 Å². The third-order valence-electron chi connectivity index (χ3n) is 8.86. The minimum atomic E-state index is -5.55. The number of hydrogen-bond donors (Lipinski definition) is 2. The van der Waals surface area contributed by atoms with Gasteiger partial charge < -0.3 is 14.9 Å². The monoisotopic (exact) mass is 666 g/mol. The molecule has 3 aromatic carbocycles. The second-order valence-corrected chi connectivity index (χ2v) is 14.2. The minimum absolute atomic E-state index is 0.128. The van der Waals surface area contributed by atoms with Crippen LogP contribution in [0.5, 0.6) is 17.2 Å². The van der Waals surface area contributed by atoms with Crippen molar-refractivity contribution in [2.75, 3.05) is 11.5 Å². The quantitative estimate of drug-likeness (QED) is 0.118. The summed E-state index contributed by atoms with van der Waals surface area (Å²) >= 11 is 0. The van der Waals surface area contributed by atoms with Gasteiger partial charge in [0.05, 0.1) is 0 Å². The van der Waals surface area contributed by atoms with Gasteiger partial charge in [-0.1, -0.05) is 81.5 Å². The molecule has 0 aliphatic carbocycles. The summed E-state index contributed by atoms with van der Waals surface area (Å²) in [5.74, 6) is -3.47. The number of halogens is 5. The van der Waals surface area contributed by atoms with E-state index in [0.717, 1.165) is 61.6 Å². The second-order valence-electron chi connectivity index (χ2n) is 12.6. The molecule has 3 aromatic rings. The number of phenols is 2. The van der Waals surface area contributed by atoms with Crippen molar-refractivity contribution >= 4 is 10.8 Å². The van der Waals surface area contributed by atoms with E-state index in [2.05, 4.69) is 31.2 Å². The van der Waals surface area contributed by atoms with Crippen molar-refractivity contribution in [2.24, 2.45) is 0 Å². The van der Waals surface area contributed by atoms with Gasteiger partial charge in [-0.2, -0.15) is 22.0 Å². The van der Waals surface area contributed by atoms with E-state index < -0.39 is 41.2 Å². The Morgan fingerprint density at radius 2 is 1.37 bits per heavy atom. The Balaban J connectivity index is 1.18. The average Bonchev–Trinajstić information content (AvgIpc) is 3.00. The van der Waals surface area contributed by atoms with Crippen molar-refractivity contribution < 1.29 is 41.1 Å². The van der Waals surface area contributed by atoms with E-state index in [1.54, 1.807) is 24.3 Å². The third kappa shape index (κ3) is 9.46. The molecule has 252 valence electrons. The molecule has 0 saturated heterocycles. The summed E-state index contributed by atoms with van der Waals surface area (Å²) in [5, 5.41) is 19.9. The third-order valence-corrected chi connectivity index (χ3v) is 10.3. The molecule has 10 heteroatoms. The Labute approximate surface area is 270 Å². The van der Waals surface area contributed by atoms with Crippen LogP contribution in [0.2, 0.25) is 0 Å². The van der Waals surface area contributed by atoms with E-state index in [-0.39, 0.29) is 23.4 Å². The van der Waals surface area contributed by atoms with E-state index >= 15 is 0 Å². The van der Waals surface area contributed by atoms with Crippen molar-refractivity contribution in [2.45, 2.75) is 101 Å². The van der Waals surface area contributed by atoms with Crippen LogP contribution < -0.4 is 4.74 Å².